The van der Waals surface area contributed by atoms with E-state index in [9.17, 15) is 18.0 Å². The van der Waals surface area contributed by atoms with E-state index in [1.165, 1.54) is 18.9 Å². The highest BCUT2D eigenvalue weighted by atomic mass is 19.4. The van der Waals surface area contributed by atoms with Gasteiger partial charge in [-0.15, -0.1) is 13.2 Å². The van der Waals surface area contributed by atoms with Gasteiger partial charge < -0.3 is 20.5 Å². The van der Waals surface area contributed by atoms with Crippen LogP contribution >= 0.6 is 0 Å². The lowest BCUT2D eigenvalue weighted by molar-refractivity contribution is -0.275. The summed E-state index contributed by atoms with van der Waals surface area (Å²) < 4.78 is 42.3. The number of carbonyl (C=O) groups is 1. The van der Waals surface area contributed by atoms with Crippen LogP contribution in [0.3, 0.4) is 0 Å². The normalized spacial score (nSPS) is 20.1. The molecule has 1 aromatic rings. The Bertz CT molecular complexity index is 682. The van der Waals surface area contributed by atoms with E-state index < -0.39 is 23.6 Å². The summed E-state index contributed by atoms with van der Waals surface area (Å²) in [5.74, 6) is -1.90. The smallest absolute Gasteiger partial charge is 0.478 e. The fourth-order valence-electron chi connectivity index (χ4n) is 3.96. The highest BCUT2D eigenvalue weighted by Gasteiger charge is 2.33. The van der Waals surface area contributed by atoms with Gasteiger partial charge in [-0.1, -0.05) is 0 Å². The summed E-state index contributed by atoms with van der Waals surface area (Å²) >= 11 is 0. The standard InChI is InChI=1S/C18H24F3N3O3/c19-18(20,21)27-16-10-14(17(25)26)15(22)9-12(16)11-23-7-3-13(4-8-23)24-5-1-2-6-24/h9-10,13H,1-8,11,22H2,(H,25,26). The largest absolute Gasteiger partial charge is 0.573 e. The first-order chi connectivity index (χ1) is 12.7. The van der Waals surface area contributed by atoms with Crippen molar-refractivity contribution in [3.8, 4) is 5.75 Å². The van der Waals surface area contributed by atoms with Crippen molar-refractivity contribution >= 4 is 11.7 Å². The summed E-state index contributed by atoms with van der Waals surface area (Å²) in [6.07, 6.45) is -0.499. The SMILES string of the molecule is Nc1cc(CN2CCC(N3CCCC3)CC2)c(OC(F)(F)F)cc1C(=O)O. The lowest BCUT2D eigenvalue weighted by atomic mass is 10.0. The molecule has 2 saturated heterocycles. The van der Waals surface area contributed by atoms with Crippen molar-refractivity contribution in [2.75, 3.05) is 31.9 Å². The third-order valence-electron chi connectivity index (χ3n) is 5.30. The molecule has 0 saturated carbocycles. The Balaban J connectivity index is 1.71. The van der Waals surface area contributed by atoms with Crippen molar-refractivity contribution in [1.29, 1.82) is 0 Å². The molecule has 2 aliphatic rings. The average Bonchev–Trinajstić information content (AvgIpc) is 3.11. The van der Waals surface area contributed by atoms with Gasteiger partial charge in [0.05, 0.1) is 5.56 Å². The minimum absolute atomic E-state index is 0.0704. The minimum atomic E-state index is -4.90. The van der Waals surface area contributed by atoms with Crippen molar-refractivity contribution in [1.82, 2.24) is 9.80 Å². The van der Waals surface area contributed by atoms with E-state index in [1.54, 1.807) is 0 Å². The maximum atomic E-state index is 12.7. The van der Waals surface area contributed by atoms with Crippen LogP contribution in [0.1, 0.15) is 41.6 Å². The molecule has 0 amide bonds. The summed E-state index contributed by atoms with van der Waals surface area (Å²) in [5.41, 5.74) is 5.50. The summed E-state index contributed by atoms with van der Waals surface area (Å²) in [7, 11) is 0. The number of nitrogens with zero attached hydrogens (tertiary/aromatic N) is 2. The van der Waals surface area contributed by atoms with Gasteiger partial charge in [-0.25, -0.2) is 4.79 Å². The maximum Gasteiger partial charge on any atom is 0.573 e. The molecular formula is C18H24F3N3O3. The quantitative estimate of drug-likeness (QED) is 0.757. The maximum absolute atomic E-state index is 12.7. The first kappa shape index (κ1) is 19.8. The van der Waals surface area contributed by atoms with Gasteiger partial charge in [0.15, 0.2) is 0 Å². The minimum Gasteiger partial charge on any atom is -0.478 e. The van der Waals surface area contributed by atoms with Gasteiger partial charge >= 0.3 is 12.3 Å². The topological polar surface area (TPSA) is 79.0 Å². The molecule has 2 heterocycles. The number of anilines is 1. The van der Waals surface area contributed by atoms with E-state index in [0.717, 1.165) is 45.1 Å². The molecule has 3 rings (SSSR count). The molecule has 0 aliphatic carbocycles. The van der Waals surface area contributed by atoms with E-state index in [4.69, 9.17) is 10.8 Å². The zero-order chi connectivity index (χ0) is 19.6. The Kier molecular flexibility index (Phi) is 5.81. The van der Waals surface area contributed by atoms with Gasteiger partial charge in [-0.05, 0) is 64.0 Å². The van der Waals surface area contributed by atoms with Crippen molar-refractivity contribution in [2.24, 2.45) is 0 Å². The Morgan fingerprint density at radius 1 is 1.19 bits per heavy atom. The fraction of sp³-hybridized carbons (Fsp3) is 0.611. The second-order valence-corrected chi connectivity index (χ2v) is 7.15. The zero-order valence-electron chi connectivity index (χ0n) is 15.0. The van der Waals surface area contributed by atoms with E-state index in [-0.39, 0.29) is 17.8 Å². The number of hydrogen-bond acceptors (Lipinski definition) is 5. The number of halogens is 3. The van der Waals surface area contributed by atoms with Gasteiger partial charge in [0.2, 0.25) is 0 Å². The molecule has 0 aromatic heterocycles. The van der Waals surface area contributed by atoms with E-state index in [1.807, 2.05) is 0 Å². The van der Waals surface area contributed by atoms with Gasteiger partial charge in [0.1, 0.15) is 5.75 Å². The Labute approximate surface area is 155 Å². The van der Waals surface area contributed by atoms with E-state index >= 15 is 0 Å². The van der Waals surface area contributed by atoms with Crippen LogP contribution in [0.4, 0.5) is 18.9 Å². The fourth-order valence-corrected chi connectivity index (χ4v) is 3.96. The van der Waals surface area contributed by atoms with Gasteiger partial charge in [0.25, 0.3) is 0 Å². The number of rotatable bonds is 5. The van der Waals surface area contributed by atoms with Crippen molar-refractivity contribution in [3.05, 3.63) is 23.3 Å². The molecule has 2 aliphatic heterocycles. The molecule has 0 radical (unpaired) electrons. The number of carboxylic acid groups (broad SMARTS) is 1. The summed E-state index contributed by atoms with van der Waals surface area (Å²) in [6.45, 7) is 4.03. The molecule has 2 fully saturated rings. The van der Waals surface area contributed by atoms with Gasteiger partial charge in [-0.3, -0.25) is 4.90 Å². The van der Waals surface area contributed by atoms with Crippen LogP contribution in [0, 0.1) is 0 Å². The number of ether oxygens (including phenoxy) is 1. The van der Waals surface area contributed by atoms with Crippen LogP contribution in [0.2, 0.25) is 0 Å². The van der Waals surface area contributed by atoms with Gasteiger partial charge in [-0.2, -0.15) is 0 Å². The predicted molar refractivity (Wildman–Crippen MR) is 93.6 cm³/mol. The third kappa shape index (κ3) is 5.04. The number of piperidine rings is 1. The van der Waals surface area contributed by atoms with E-state index in [2.05, 4.69) is 14.5 Å². The monoisotopic (exact) mass is 387 g/mol. The lowest BCUT2D eigenvalue weighted by Gasteiger charge is -2.36. The molecular weight excluding hydrogens is 363 g/mol. The van der Waals surface area contributed by atoms with Crippen LogP contribution in [0.15, 0.2) is 12.1 Å². The van der Waals surface area contributed by atoms with E-state index in [0.29, 0.717) is 6.04 Å². The van der Waals surface area contributed by atoms with Crippen LogP contribution in [0.25, 0.3) is 0 Å². The second-order valence-electron chi connectivity index (χ2n) is 7.15. The van der Waals surface area contributed by atoms with Crippen LogP contribution in [-0.4, -0.2) is 59.5 Å². The van der Waals surface area contributed by atoms with Crippen LogP contribution < -0.4 is 10.5 Å². The zero-order valence-corrected chi connectivity index (χ0v) is 15.0. The third-order valence-corrected chi connectivity index (χ3v) is 5.30. The molecule has 0 bridgehead atoms. The number of nitrogens with two attached hydrogens (primary N) is 1. The number of carboxylic acids is 1. The van der Waals surface area contributed by atoms with Crippen molar-refractivity contribution < 1.29 is 27.8 Å². The van der Waals surface area contributed by atoms with Gasteiger partial charge in [0, 0.05) is 23.8 Å². The number of aromatic carboxylic acids is 1. The molecule has 1 aromatic carbocycles. The lowest BCUT2D eigenvalue weighted by Crippen LogP contribution is -2.43. The number of likely N-dealkylation sites (tertiary alicyclic amines) is 2. The first-order valence-electron chi connectivity index (χ1n) is 9.11. The van der Waals surface area contributed by atoms with Crippen LogP contribution in [-0.2, 0) is 6.54 Å². The second kappa shape index (κ2) is 7.93. The first-order valence-corrected chi connectivity index (χ1v) is 9.11. The highest BCUT2D eigenvalue weighted by molar-refractivity contribution is 5.94. The molecule has 27 heavy (non-hydrogen) atoms. The number of benzene rings is 1. The van der Waals surface area contributed by atoms with Crippen molar-refractivity contribution in [2.45, 2.75) is 44.6 Å². The molecule has 6 nitrogen and oxygen atoms in total. The predicted octanol–water partition coefficient (Wildman–Crippen LogP) is 2.93. The van der Waals surface area contributed by atoms with Crippen molar-refractivity contribution in [3.63, 3.8) is 0 Å². The molecule has 0 atom stereocenters. The molecule has 0 spiro atoms. The van der Waals surface area contributed by atoms with Crippen LogP contribution in [0.5, 0.6) is 5.75 Å². The number of nitrogen functional groups attached to an aromatic ring is 1. The molecule has 150 valence electrons. The Morgan fingerprint density at radius 3 is 2.37 bits per heavy atom. The Hall–Kier alpha value is -2.00. The molecule has 3 N–H and O–H groups in total. The number of alkyl halides is 3. The molecule has 9 heteroatoms. The summed E-state index contributed by atoms with van der Waals surface area (Å²) in [4.78, 5) is 15.7. The number of hydrogen-bond donors (Lipinski definition) is 2. The Morgan fingerprint density at radius 2 is 1.81 bits per heavy atom. The average molecular weight is 387 g/mol. The highest BCUT2D eigenvalue weighted by Crippen LogP contribution is 2.32. The molecule has 0 unspecified atom stereocenters. The summed E-state index contributed by atoms with van der Waals surface area (Å²) in [5, 5.41) is 9.10. The summed E-state index contributed by atoms with van der Waals surface area (Å²) in [6, 6.07) is 2.67.